The van der Waals surface area contributed by atoms with E-state index in [4.69, 9.17) is 0 Å². The summed E-state index contributed by atoms with van der Waals surface area (Å²) in [5.41, 5.74) is 0.483. The van der Waals surface area contributed by atoms with Gasteiger partial charge in [0, 0.05) is 11.9 Å². The molecule has 0 saturated heterocycles. The lowest BCUT2D eigenvalue weighted by Crippen LogP contribution is -2.41. The Kier molecular flexibility index (Phi) is 3.80. The lowest BCUT2D eigenvalue weighted by Gasteiger charge is -2.34. The van der Waals surface area contributed by atoms with Crippen LogP contribution in [-0.4, -0.2) is 20.9 Å². The Bertz CT molecular complexity index is 626. The summed E-state index contributed by atoms with van der Waals surface area (Å²) < 4.78 is 1.67. The van der Waals surface area contributed by atoms with Gasteiger partial charge in [-0.05, 0) is 31.2 Å². The molecule has 21 heavy (non-hydrogen) atoms. The van der Waals surface area contributed by atoms with Gasteiger partial charge >= 0.3 is 0 Å². The Morgan fingerprint density at radius 1 is 1.38 bits per heavy atom. The summed E-state index contributed by atoms with van der Waals surface area (Å²) >= 11 is 1.67. The maximum absolute atomic E-state index is 13.0. The van der Waals surface area contributed by atoms with Crippen LogP contribution in [0.15, 0.2) is 17.5 Å². The number of aryl methyl sites for hydroxylation is 1. The number of anilines is 1. The summed E-state index contributed by atoms with van der Waals surface area (Å²) in [6.07, 6.45) is 5.25. The number of hydrogen-bond acceptors (Lipinski definition) is 4. The zero-order valence-corrected chi connectivity index (χ0v) is 13.2. The lowest BCUT2D eigenvalue weighted by molar-refractivity contribution is -0.122. The maximum Gasteiger partial charge on any atom is 0.237 e. The predicted molar refractivity (Wildman–Crippen MR) is 83.5 cm³/mol. The highest BCUT2D eigenvalue weighted by Gasteiger charge is 2.42. The van der Waals surface area contributed by atoms with Gasteiger partial charge in [-0.1, -0.05) is 30.5 Å². The summed E-state index contributed by atoms with van der Waals surface area (Å²) in [6, 6.07) is 4.11. The molecule has 2 aromatic rings. The van der Waals surface area contributed by atoms with Gasteiger partial charge in [-0.2, -0.15) is 0 Å². The Morgan fingerprint density at radius 3 is 2.71 bits per heavy atom. The van der Waals surface area contributed by atoms with Crippen molar-refractivity contribution in [2.75, 3.05) is 5.32 Å². The number of rotatable bonds is 3. The van der Waals surface area contributed by atoms with Gasteiger partial charge in [-0.3, -0.25) is 9.48 Å². The van der Waals surface area contributed by atoms with Crippen molar-refractivity contribution >= 4 is 23.1 Å². The first-order valence-corrected chi connectivity index (χ1v) is 8.23. The smallest absolute Gasteiger partial charge is 0.237 e. The molecule has 1 fully saturated rings. The van der Waals surface area contributed by atoms with Gasteiger partial charge in [0.25, 0.3) is 0 Å². The van der Waals surface area contributed by atoms with Crippen LogP contribution < -0.4 is 5.32 Å². The van der Waals surface area contributed by atoms with Crippen molar-refractivity contribution in [3.05, 3.63) is 28.1 Å². The van der Waals surface area contributed by atoms with Crippen LogP contribution in [0.3, 0.4) is 0 Å². The van der Waals surface area contributed by atoms with E-state index in [1.807, 2.05) is 25.4 Å². The Morgan fingerprint density at radius 2 is 2.14 bits per heavy atom. The van der Waals surface area contributed by atoms with Crippen molar-refractivity contribution < 1.29 is 4.79 Å². The van der Waals surface area contributed by atoms with Gasteiger partial charge in [-0.15, -0.1) is 16.4 Å². The van der Waals surface area contributed by atoms with Gasteiger partial charge in [-0.25, -0.2) is 0 Å². The average Bonchev–Trinajstić information content (AvgIpc) is 3.14. The second kappa shape index (κ2) is 5.60. The van der Waals surface area contributed by atoms with Gasteiger partial charge in [0.15, 0.2) is 5.82 Å². The molecular formula is C15H20N4OS. The van der Waals surface area contributed by atoms with E-state index in [-0.39, 0.29) is 5.91 Å². The number of nitrogens with zero attached hydrogens (tertiary/aromatic N) is 3. The maximum atomic E-state index is 13.0. The van der Waals surface area contributed by atoms with Crippen LogP contribution in [0.1, 0.15) is 42.7 Å². The molecule has 0 aliphatic heterocycles. The number of amides is 1. The Hall–Kier alpha value is -1.69. The van der Waals surface area contributed by atoms with E-state index >= 15 is 0 Å². The minimum Gasteiger partial charge on any atom is -0.307 e. The molecule has 3 rings (SSSR count). The van der Waals surface area contributed by atoms with Gasteiger partial charge in [0.05, 0.1) is 11.1 Å². The molecule has 6 heteroatoms. The number of hydrogen-bond donors (Lipinski definition) is 1. The van der Waals surface area contributed by atoms with Crippen LogP contribution in [0.5, 0.6) is 0 Å². The summed E-state index contributed by atoms with van der Waals surface area (Å²) in [5, 5.41) is 13.1. The van der Waals surface area contributed by atoms with E-state index in [0.29, 0.717) is 5.82 Å². The molecule has 0 atom stereocenters. The summed E-state index contributed by atoms with van der Waals surface area (Å²) in [5.74, 6) is 0.636. The monoisotopic (exact) mass is 304 g/mol. The van der Waals surface area contributed by atoms with Crippen molar-refractivity contribution in [1.82, 2.24) is 15.0 Å². The number of carbonyl (C=O) groups excluding carboxylic acids is 1. The normalized spacial score (nSPS) is 17.6. The van der Waals surface area contributed by atoms with E-state index < -0.39 is 5.41 Å². The molecule has 0 radical (unpaired) electrons. The number of aromatic nitrogens is 3. The highest BCUT2D eigenvalue weighted by molar-refractivity contribution is 7.10. The fourth-order valence-corrected chi connectivity index (χ4v) is 4.02. The molecule has 2 aromatic heterocycles. The van der Waals surface area contributed by atoms with Crippen LogP contribution in [-0.2, 0) is 17.3 Å². The molecule has 5 nitrogen and oxygen atoms in total. The quantitative estimate of drug-likeness (QED) is 0.948. The van der Waals surface area contributed by atoms with Crippen molar-refractivity contribution in [2.24, 2.45) is 7.05 Å². The summed E-state index contributed by atoms with van der Waals surface area (Å²) in [4.78, 5) is 14.1. The molecule has 112 valence electrons. The van der Waals surface area contributed by atoms with Crippen LogP contribution >= 0.6 is 11.3 Å². The third-order valence-electron chi connectivity index (χ3n) is 4.47. The fourth-order valence-electron chi connectivity index (χ4n) is 3.04. The Balaban J connectivity index is 1.90. The first-order valence-electron chi connectivity index (χ1n) is 7.35. The average molecular weight is 304 g/mol. The van der Waals surface area contributed by atoms with Crippen LogP contribution in [0.4, 0.5) is 5.82 Å². The zero-order valence-electron chi connectivity index (χ0n) is 12.4. The highest BCUT2D eigenvalue weighted by Crippen LogP contribution is 2.42. The number of nitrogens with one attached hydrogen (secondary N) is 1. The van der Waals surface area contributed by atoms with Crippen molar-refractivity contribution in [3.8, 4) is 0 Å². The number of thiophene rings is 1. The van der Waals surface area contributed by atoms with Crippen molar-refractivity contribution in [1.29, 1.82) is 0 Å². The van der Waals surface area contributed by atoms with Crippen LogP contribution in [0.25, 0.3) is 0 Å². The van der Waals surface area contributed by atoms with E-state index in [2.05, 4.69) is 21.7 Å². The second-order valence-electron chi connectivity index (χ2n) is 5.72. The molecule has 1 amide bonds. The first kappa shape index (κ1) is 14.3. The lowest BCUT2D eigenvalue weighted by atomic mass is 9.72. The third-order valence-corrected chi connectivity index (χ3v) is 5.55. The molecule has 1 aliphatic rings. The van der Waals surface area contributed by atoms with Crippen molar-refractivity contribution in [3.63, 3.8) is 0 Å². The zero-order chi connectivity index (χ0) is 14.9. The summed E-state index contributed by atoms with van der Waals surface area (Å²) in [6.45, 7) is 1.91. The minimum atomic E-state index is -0.392. The molecule has 1 N–H and O–H groups in total. The third kappa shape index (κ3) is 2.48. The van der Waals surface area contributed by atoms with E-state index in [9.17, 15) is 4.79 Å². The van der Waals surface area contributed by atoms with Crippen LogP contribution in [0, 0.1) is 6.92 Å². The van der Waals surface area contributed by atoms with E-state index in [0.717, 1.165) is 31.4 Å². The van der Waals surface area contributed by atoms with E-state index in [1.54, 1.807) is 16.0 Å². The molecule has 2 heterocycles. The van der Waals surface area contributed by atoms with Gasteiger partial charge in [0.2, 0.25) is 5.91 Å². The molecule has 1 aliphatic carbocycles. The number of carbonyl (C=O) groups is 1. The largest absolute Gasteiger partial charge is 0.307 e. The molecular weight excluding hydrogens is 284 g/mol. The molecule has 0 unspecified atom stereocenters. The minimum absolute atomic E-state index is 0.0632. The fraction of sp³-hybridized carbons (Fsp3) is 0.533. The topological polar surface area (TPSA) is 59.8 Å². The SMILES string of the molecule is Cc1c(NC(=O)C2(c3cccs3)CCCCC2)nnn1C. The van der Waals surface area contributed by atoms with Crippen molar-refractivity contribution in [2.45, 2.75) is 44.4 Å². The van der Waals surface area contributed by atoms with Crippen LogP contribution in [0.2, 0.25) is 0 Å². The predicted octanol–water partition coefficient (Wildman–Crippen LogP) is 3.03. The van der Waals surface area contributed by atoms with Gasteiger partial charge in [0.1, 0.15) is 0 Å². The Labute approximate surface area is 128 Å². The standard InChI is InChI=1S/C15H20N4OS/c1-11-13(17-18-19(11)2)16-14(20)15(8-4-3-5-9-15)12-7-6-10-21-12/h6-7,10H,3-5,8-9H2,1-2H3,(H,16,20). The highest BCUT2D eigenvalue weighted by atomic mass is 32.1. The molecule has 0 bridgehead atoms. The molecule has 1 saturated carbocycles. The summed E-state index contributed by atoms with van der Waals surface area (Å²) in [7, 11) is 1.83. The molecule has 0 spiro atoms. The van der Waals surface area contributed by atoms with E-state index in [1.165, 1.54) is 11.3 Å². The molecule has 0 aromatic carbocycles. The van der Waals surface area contributed by atoms with Gasteiger partial charge < -0.3 is 5.32 Å². The second-order valence-corrected chi connectivity index (χ2v) is 6.67. The first-order chi connectivity index (χ1) is 10.1.